The van der Waals surface area contributed by atoms with Crippen LogP contribution in [0.2, 0.25) is 0 Å². The van der Waals surface area contributed by atoms with Gasteiger partial charge < -0.3 is 10.1 Å². The highest BCUT2D eigenvalue weighted by molar-refractivity contribution is 7.99. The molecule has 96 valence electrons. The molecule has 0 fully saturated rings. The van der Waals surface area contributed by atoms with Crippen LogP contribution in [0.15, 0.2) is 9.95 Å². The molecule has 5 heteroatoms. The van der Waals surface area contributed by atoms with Crippen molar-refractivity contribution in [3.63, 3.8) is 0 Å². The molecule has 0 aliphatic heterocycles. The Morgan fingerprint density at radius 1 is 1.41 bits per heavy atom. The van der Waals surface area contributed by atoms with Crippen molar-refractivity contribution in [2.24, 2.45) is 5.92 Å². The molecule has 17 heavy (non-hydrogen) atoms. The molecule has 4 nitrogen and oxygen atoms in total. The molecule has 2 N–H and O–H groups in total. The zero-order valence-corrected chi connectivity index (χ0v) is 11.6. The smallest absolute Gasteiger partial charge is 0.258 e. The normalized spacial score (nSPS) is 13.0. The average molecular weight is 256 g/mol. The standard InChI is InChI=1S/C12H20N2O2S/c1-5-8(4)9-10(15)13-12(14-11(9)16)17-6-7(2)3/h7-8H,5-6H2,1-4H3,(H2,13,14,15,16). The fourth-order valence-electron chi connectivity index (χ4n) is 1.41. The minimum absolute atomic E-state index is 0.0235. The fourth-order valence-corrected chi connectivity index (χ4v) is 2.22. The van der Waals surface area contributed by atoms with Gasteiger partial charge in [0.05, 0.1) is 5.56 Å². The molecular weight excluding hydrogens is 236 g/mol. The molecule has 0 bridgehead atoms. The summed E-state index contributed by atoms with van der Waals surface area (Å²) in [5.74, 6) is 1.27. The maximum Gasteiger partial charge on any atom is 0.258 e. The van der Waals surface area contributed by atoms with Crippen molar-refractivity contribution < 1.29 is 5.11 Å². The van der Waals surface area contributed by atoms with E-state index in [1.165, 1.54) is 11.8 Å². The van der Waals surface area contributed by atoms with Crippen LogP contribution in [-0.2, 0) is 0 Å². The van der Waals surface area contributed by atoms with Crippen LogP contribution in [-0.4, -0.2) is 20.8 Å². The van der Waals surface area contributed by atoms with E-state index >= 15 is 0 Å². The maximum atomic E-state index is 11.8. The van der Waals surface area contributed by atoms with Crippen molar-refractivity contribution >= 4 is 11.8 Å². The van der Waals surface area contributed by atoms with E-state index in [4.69, 9.17) is 0 Å². The summed E-state index contributed by atoms with van der Waals surface area (Å²) in [5, 5.41) is 10.3. The molecule has 0 saturated heterocycles. The van der Waals surface area contributed by atoms with E-state index in [0.717, 1.165) is 12.2 Å². The molecule has 0 radical (unpaired) electrons. The van der Waals surface area contributed by atoms with Gasteiger partial charge >= 0.3 is 0 Å². The summed E-state index contributed by atoms with van der Waals surface area (Å²) in [6.07, 6.45) is 0.802. The Hall–Kier alpha value is -0.970. The van der Waals surface area contributed by atoms with E-state index in [1.807, 2.05) is 13.8 Å². The Labute approximate surface area is 106 Å². The maximum absolute atomic E-state index is 11.8. The molecule has 0 saturated carbocycles. The van der Waals surface area contributed by atoms with Gasteiger partial charge in [-0.3, -0.25) is 4.79 Å². The van der Waals surface area contributed by atoms with Crippen LogP contribution >= 0.6 is 11.8 Å². The predicted octanol–water partition coefficient (Wildman–Crippen LogP) is 2.74. The molecule has 1 atom stereocenters. The van der Waals surface area contributed by atoms with E-state index < -0.39 is 0 Å². The van der Waals surface area contributed by atoms with Crippen LogP contribution in [0.3, 0.4) is 0 Å². The molecular formula is C12H20N2O2S. The van der Waals surface area contributed by atoms with Crippen molar-refractivity contribution in [3.8, 4) is 5.88 Å². The van der Waals surface area contributed by atoms with Gasteiger partial charge in [0.25, 0.3) is 5.56 Å². The van der Waals surface area contributed by atoms with Gasteiger partial charge in [0.15, 0.2) is 5.16 Å². The summed E-state index contributed by atoms with van der Waals surface area (Å²) in [6, 6.07) is 0. The number of thioether (sulfide) groups is 1. The Kier molecular flexibility index (Phi) is 5.05. The topological polar surface area (TPSA) is 66.0 Å². The second kappa shape index (κ2) is 6.10. The van der Waals surface area contributed by atoms with Gasteiger partial charge in [0.1, 0.15) is 0 Å². The number of rotatable bonds is 5. The number of aromatic hydroxyl groups is 1. The zero-order chi connectivity index (χ0) is 13.0. The van der Waals surface area contributed by atoms with Gasteiger partial charge in [-0.05, 0) is 18.3 Å². The lowest BCUT2D eigenvalue weighted by Gasteiger charge is -2.10. The van der Waals surface area contributed by atoms with Crippen LogP contribution in [0.5, 0.6) is 5.88 Å². The van der Waals surface area contributed by atoms with E-state index in [9.17, 15) is 9.90 Å². The largest absolute Gasteiger partial charge is 0.493 e. The molecule has 0 spiro atoms. The van der Waals surface area contributed by atoms with Crippen LogP contribution in [0, 0.1) is 5.92 Å². The summed E-state index contributed by atoms with van der Waals surface area (Å²) in [5.41, 5.74) is 0.166. The lowest BCUT2D eigenvalue weighted by atomic mass is 10.0. The van der Waals surface area contributed by atoms with Gasteiger partial charge in [0, 0.05) is 5.75 Å². The highest BCUT2D eigenvalue weighted by Gasteiger charge is 2.16. The van der Waals surface area contributed by atoms with E-state index in [1.54, 1.807) is 0 Å². The Morgan fingerprint density at radius 3 is 2.53 bits per heavy atom. The molecule has 1 aromatic heterocycles. The minimum Gasteiger partial charge on any atom is -0.493 e. The van der Waals surface area contributed by atoms with Crippen LogP contribution < -0.4 is 5.56 Å². The Morgan fingerprint density at radius 2 is 2.06 bits per heavy atom. The number of nitrogens with zero attached hydrogens (tertiary/aromatic N) is 1. The molecule has 1 rings (SSSR count). The van der Waals surface area contributed by atoms with Crippen LogP contribution in [0.1, 0.15) is 45.6 Å². The summed E-state index contributed by atoms with van der Waals surface area (Å²) >= 11 is 1.46. The first-order valence-corrected chi connectivity index (χ1v) is 6.90. The SMILES string of the molecule is CCC(C)c1c(O)nc(SCC(C)C)[nH]c1=O. The third kappa shape index (κ3) is 3.77. The van der Waals surface area contributed by atoms with Gasteiger partial charge in [-0.2, -0.15) is 4.98 Å². The molecule has 1 aromatic rings. The Bertz CT molecular complexity index is 429. The number of nitrogens with one attached hydrogen (secondary N) is 1. The molecule has 1 unspecified atom stereocenters. The monoisotopic (exact) mass is 256 g/mol. The van der Waals surface area contributed by atoms with Crippen molar-refractivity contribution in [2.75, 3.05) is 5.75 Å². The fraction of sp³-hybridized carbons (Fsp3) is 0.667. The molecule has 0 amide bonds. The first-order valence-electron chi connectivity index (χ1n) is 5.91. The predicted molar refractivity (Wildman–Crippen MR) is 70.8 cm³/mol. The van der Waals surface area contributed by atoms with E-state index in [0.29, 0.717) is 16.6 Å². The van der Waals surface area contributed by atoms with Crippen molar-refractivity contribution in [3.05, 3.63) is 15.9 Å². The number of hydrogen-bond acceptors (Lipinski definition) is 4. The lowest BCUT2D eigenvalue weighted by molar-refractivity contribution is 0.429. The lowest BCUT2D eigenvalue weighted by Crippen LogP contribution is -2.17. The Balaban J connectivity index is 2.97. The molecule has 1 heterocycles. The van der Waals surface area contributed by atoms with Crippen molar-refractivity contribution in [1.29, 1.82) is 0 Å². The van der Waals surface area contributed by atoms with Crippen molar-refractivity contribution in [2.45, 2.75) is 45.2 Å². The summed E-state index contributed by atoms with van der Waals surface area (Å²) in [6.45, 7) is 8.08. The third-order valence-electron chi connectivity index (χ3n) is 2.57. The first kappa shape index (κ1) is 14.1. The quantitative estimate of drug-likeness (QED) is 0.628. The molecule has 0 aromatic carbocycles. The number of hydrogen-bond donors (Lipinski definition) is 2. The first-order chi connectivity index (χ1) is 7.95. The second-order valence-electron chi connectivity index (χ2n) is 4.62. The molecule has 0 aliphatic carbocycles. The van der Waals surface area contributed by atoms with Gasteiger partial charge in [-0.25, -0.2) is 0 Å². The van der Waals surface area contributed by atoms with Gasteiger partial charge in [-0.15, -0.1) is 0 Å². The second-order valence-corrected chi connectivity index (χ2v) is 5.63. The number of aromatic amines is 1. The van der Waals surface area contributed by atoms with E-state index in [2.05, 4.69) is 23.8 Å². The summed E-state index contributed by atoms with van der Waals surface area (Å²) in [7, 11) is 0. The number of H-pyrrole nitrogens is 1. The average Bonchev–Trinajstić information content (AvgIpc) is 2.25. The van der Waals surface area contributed by atoms with Gasteiger partial charge in [-0.1, -0.05) is 39.5 Å². The van der Waals surface area contributed by atoms with Crippen molar-refractivity contribution in [1.82, 2.24) is 9.97 Å². The van der Waals surface area contributed by atoms with Crippen LogP contribution in [0.25, 0.3) is 0 Å². The zero-order valence-electron chi connectivity index (χ0n) is 10.8. The minimum atomic E-state index is -0.224. The highest BCUT2D eigenvalue weighted by Crippen LogP contribution is 2.24. The third-order valence-corrected chi connectivity index (χ3v) is 3.87. The van der Waals surface area contributed by atoms with E-state index in [-0.39, 0.29) is 17.4 Å². The summed E-state index contributed by atoms with van der Waals surface area (Å²) < 4.78 is 0. The number of aromatic nitrogens is 2. The van der Waals surface area contributed by atoms with Crippen LogP contribution in [0.4, 0.5) is 0 Å². The molecule has 0 aliphatic rings. The highest BCUT2D eigenvalue weighted by atomic mass is 32.2. The van der Waals surface area contributed by atoms with Gasteiger partial charge in [0.2, 0.25) is 5.88 Å². The summed E-state index contributed by atoms with van der Waals surface area (Å²) in [4.78, 5) is 18.6.